The van der Waals surface area contributed by atoms with Crippen LogP contribution in [0.5, 0.6) is 0 Å². The summed E-state index contributed by atoms with van der Waals surface area (Å²) < 4.78 is 2.38. The molecule has 1 saturated carbocycles. The maximum Gasteiger partial charge on any atom is 0.212 e. The molecular weight excluding hydrogens is 342 g/mol. The number of aryl methyl sites for hydroxylation is 2. The summed E-state index contributed by atoms with van der Waals surface area (Å²) in [5.41, 5.74) is 7.19. The lowest BCUT2D eigenvalue weighted by atomic mass is 9.95. The molecule has 1 aliphatic rings. The van der Waals surface area contributed by atoms with Gasteiger partial charge in [-0.3, -0.25) is 0 Å². The lowest BCUT2D eigenvalue weighted by Gasteiger charge is -2.22. The molecule has 0 atom stereocenters. The highest BCUT2D eigenvalue weighted by molar-refractivity contribution is 6.89. The second-order valence-corrected chi connectivity index (χ2v) is 15.1. The van der Waals surface area contributed by atoms with Crippen molar-refractivity contribution >= 4 is 13.3 Å². The van der Waals surface area contributed by atoms with Crippen molar-refractivity contribution in [3.05, 3.63) is 47.2 Å². The minimum atomic E-state index is -1.40. The maximum absolute atomic E-state index is 2.54. The summed E-state index contributed by atoms with van der Waals surface area (Å²) in [5.74, 6) is 1.48. The Bertz CT molecular complexity index is 808. The van der Waals surface area contributed by atoms with Gasteiger partial charge in [-0.25, -0.2) is 4.57 Å². The minimum Gasteiger partial charge on any atom is -0.201 e. The zero-order valence-corrected chi connectivity index (χ0v) is 19.5. The molecule has 1 aromatic carbocycles. The van der Waals surface area contributed by atoms with Gasteiger partial charge in [0.05, 0.1) is 8.07 Å². The third kappa shape index (κ3) is 4.54. The first-order valence-corrected chi connectivity index (χ1v) is 14.3. The lowest BCUT2D eigenvalue weighted by molar-refractivity contribution is -0.660. The Morgan fingerprint density at radius 2 is 1.74 bits per heavy atom. The van der Waals surface area contributed by atoms with Crippen molar-refractivity contribution in [1.29, 1.82) is 0 Å². The smallest absolute Gasteiger partial charge is 0.201 e. The van der Waals surface area contributed by atoms with Gasteiger partial charge in [-0.2, -0.15) is 0 Å². The SMILES string of the molecule is Cc1cc(C(C)C)ccc1-c1cc([Si](C)(C)C)c(CC2CCCC2)c[n+]1C. The number of rotatable bonds is 5. The fourth-order valence-corrected chi connectivity index (χ4v) is 6.39. The van der Waals surface area contributed by atoms with E-state index in [-0.39, 0.29) is 0 Å². The molecule has 146 valence electrons. The summed E-state index contributed by atoms with van der Waals surface area (Å²) in [6, 6.07) is 9.56. The monoisotopic (exact) mass is 380 g/mol. The molecule has 0 amide bonds. The summed E-state index contributed by atoms with van der Waals surface area (Å²) in [7, 11) is 0.837. The molecule has 0 aliphatic heterocycles. The largest absolute Gasteiger partial charge is 0.212 e. The molecule has 0 N–H and O–H groups in total. The van der Waals surface area contributed by atoms with Gasteiger partial charge in [0.25, 0.3) is 0 Å². The summed E-state index contributed by atoms with van der Waals surface area (Å²) in [6.45, 7) is 14.3. The molecule has 1 aromatic heterocycles. The van der Waals surface area contributed by atoms with Gasteiger partial charge in [0.1, 0.15) is 7.05 Å². The molecule has 0 radical (unpaired) electrons. The van der Waals surface area contributed by atoms with E-state index in [2.05, 4.69) is 82.5 Å². The van der Waals surface area contributed by atoms with Crippen molar-refractivity contribution in [2.75, 3.05) is 0 Å². The Balaban J connectivity index is 2.06. The summed E-state index contributed by atoms with van der Waals surface area (Å²) >= 11 is 0. The normalized spacial score (nSPS) is 15.7. The zero-order chi connectivity index (χ0) is 19.8. The molecule has 0 spiro atoms. The average Bonchev–Trinajstić information content (AvgIpc) is 3.07. The van der Waals surface area contributed by atoms with Crippen LogP contribution in [0.2, 0.25) is 19.6 Å². The molecule has 0 bridgehead atoms. The maximum atomic E-state index is 2.54. The van der Waals surface area contributed by atoms with Gasteiger partial charge in [-0.05, 0) is 47.6 Å². The third-order valence-corrected chi connectivity index (χ3v) is 8.42. The molecule has 3 rings (SSSR count). The third-order valence-electron chi connectivity index (χ3n) is 6.34. The highest BCUT2D eigenvalue weighted by Crippen LogP contribution is 2.29. The van der Waals surface area contributed by atoms with Crippen LogP contribution in [0.3, 0.4) is 0 Å². The van der Waals surface area contributed by atoms with Crippen molar-refractivity contribution in [2.24, 2.45) is 13.0 Å². The van der Waals surface area contributed by atoms with Crippen LogP contribution in [0.15, 0.2) is 30.5 Å². The van der Waals surface area contributed by atoms with E-state index in [0.29, 0.717) is 5.92 Å². The van der Waals surface area contributed by atoms with Crippen LogP contribution in [0, 0.1) is 12.8 Å². The van der Waals surface area contributed by atoms with Gasteiger partial charge in [-0.1, -0.05) is 71.3 Å². The highest BCUT2D eigenvalue weighted by Gasteiger charge is 2.28. The van der Waals surface area contributed by atoms with Crippen LogP contribution in [0.4, 0.5) is 0 Å². The quantitative estimate of drug-likeness (QED) is 0.450. The average molecular weight is 381 g/mol. The van der Waals surface area contributed by atoms with E-state index in [0.717, 1.165) is 5.92 Å². The van der Waals surface area contributed by atoms with Gasteiger partial charge in [-0.15, -0.1) is 0 Å². The van der Waals surface area contributed by atoms with Gasteiger partial charge in [0.15, 0.2) is 6.20 Å². The van der Waals surface area contributed by atoms with E-state index in [1.54, 1.807) is 10.8 Å². The molecule has 0 unspecified atom stereocenters. The predicted molar refractivity (Wildman–Crippen MR) is 121 cm³/mol. The molecule has 1 fully saturated rings. The minimum absolute atomic E-state index is 0.581. The topological polar surface area (TPSA) is 3.88 Å². The van der Waals surface area contributed by atoms with Crippen LogP contribution in [-0.2, 0) is 13.5 Å². The molecule has 27 heavy (non-hydrogen) atoms. The highest BCUT2D eigenvalue weighted by atomic mass is 28.3. The number of pyridine rings is 1. The van der Waals surface area contributed by atoms with Crippen LogP contribution in [0.1, 0.15) is 62.1 Å². The molecule has 2 aromatic rings. The number of aromatic nitrogens is 1. The standard InChI is InChI=1S/C25H38NSi/c1-18(2)21-12-13-23(19(3)14-21)24-16-25(27(5,6)7)22(17-26(24)4)15-20-10-8-9-11-20/h12-14,16-18,20H,8-11,15H2,1-7H3/q+1. The van der Waals surface area contributed by atoms with Crippen molar-refractivity contribution in [1.82, 2.24) is 0 Å². The van der Waals surface area contributed by atoms with Crippen molar-refractivity contribution in [3.8, 4) is 11.3 Å². The molecular formula is C25H38NSi+. The second kappa shape index (κ2) is 7.91. The van der Waals surface area contributed by atoms with E-state index in [9.17, 15) is 0 Å². The molecule has 0 saturated heterocycles. The van der Waals surface area contributed by atoms with E-state index < -0.39 is 8.07 Å². The Hall–Kier alpha value is -1.41. The van der Waals surface area contributed by atoms with Crippen LogP contribution in [-0.4, -0.2) is 8.07 Å². The first kappa shape index (κ1) is 20.3. The second-order valence-electron chi connectivity index (χ2n) is 10.0. The van der Waals surface area contributed by atoms with Gasteiger partial charge in [0, 0.05) is 17.2 Å². The van der Waals surface area contributed by atoms with Gasteiger partial charge < -0.3 is 0 Å². The first-order valence-electron chi connectivity index (χ1n) is 10.8. The molecule has 2 heteroatoms. The van der Waals surface area contributed by atoms with E-state index in [1.165, 1.54) is 54.5 Å². The van der Waals surface area contributed by atoms with Crippen molar-refractivity contribution in [2.45, 2.75) is 78.4 Å². The number of hydrogen-bond acceptors (Lipinski definition) is 0. The fourth-order valence-electron chi connectivity index (χ4n) is 4.69. The fraction of sp³-hybridized carbons (Fsp3) is 0.560. The Kier molecular flexibility index (Phi) is 5.95. The zero-order valence-electron chi connectivity index (χ0n) is 18.5. The number of hydrogen-bond donors (Lipinski definition) is 0. The Labute approximate surface area is 167 Å². The summed E-state index contributed by atoms with van der Waals surface area (Å²) in [4.78, 5) is 0. The van der Waals surface area contributed by atoms with E-state index in [4.69, 9.17) is 0 Å². The lowest BCUT2D eigenvalue weighted by Crippen LogP contribution is -2.45. The molecule has 1 nitrogen and oxygen atoms in total. The number of nitrogens with zero attached hydrogens (tertiary/aromatic N) is 1. The van der Waals surface area contributed by atoms with Crippen LogP contribution >= 0.6 is 0 Å². The van der Waals surface area contributed by atoms with Crippen molar-refractivity contribution in [3.63, 3.8) is 0 Å². The van der Waals surface area contributed by atoms with Crippen LogP contribution in [0.25, 0.3) is 11.3 Å². The Morgan fingerprint density at radius 1 is 1.07 bits per heavy atom. The van der Waals surface area contributed by atoms with E-state index in [1.807, 2.05) is 0 Å². The van der Waals surface area contributed by atoms with E-state index >= 15 is 0 Å². The number of benzene rings is 1. The molecule has 1 heterocycles. The van der Waals surface area contributed by atoms with Crippen molar-refractivity contribution < 1.29 is 4.57 Å². The molecule has 1 aliphatic carbocycles. The predicted octanol–water partition coefficient (Wildman–Crippen LogP) is 5.89. The first-order chi connectivity index (χ1) is 12.7. The van der Waals surface area contributed by atoms with Crippen LogP contribution < -0.4 is 9.75 Å². The summed E-state index contributed by atoms with van der Waals surface area (Å²) in [6.07, 6.45) is 9.44. The van der Waals surface area contributed by atoms with Gasteiger partial charge in [0.2, 0.25) is 5.69 Å². The summed E-state index contributed by atoms with van der Waals surface area (Å²) in [5, 5.41) is 1.66. The van der Waals surface area contributed by atoms with Gasteiger partial charge >= 0.3 is 0 Å². The Morgan fingerprint density at radius 3 is 2.30 bits per heavy atom.